The van der Waals surface area contributed by atoms with Gasteiger partial charge in [0.15, 0.2) is 0 Å². The SMILES string of the molecule is C=C[C@@H]1CC1(NC(=O)[C@@H]1C[C@@H](Oc2cc(-c3ccccc3)nc3cc(OC)ccc23)CN1C(=O)[C@@H](CC(=O)N1CCCCC1c1cc(-c2ccccc2)n[nH]1)C(C)(C)C)C(=O)N(C1CC1)S(=O)[O-]. The Morgan fingerprint density at radius 3 is 2.31 bits per heavy atom. The molecule has 0 radical (unpaired) electrons. The van der Waals surface area contributed by atoms with Gasteiger partial charge in [-0.1, -0.05) is 87.5 Å². The summed E-state index contributed by atoms with van der Waals surface area (Å²) < 4.78 is 38.1. The summed E-state index contributed by atoms with van der Waals surface area (Å²) in [5, 5.41) is 11.4. The molecule has 3 unspecified atom stereocenters. The lowest BCUT2D eigenvalue weighted by Crippen LogP contribution is -2.57. The van der Waals surface area contributed by atoms with Crippen molar-refractivity contribution in [2.75, 3.05) is 20.2 Å². The van der Waals surface area contributed by atoms with Crippen LogP contribution in [0.5, 0.6) is 11.5 Å². The van der Waals surface area contributed by atoms with Gasteiger partial charge >= 0.3 is 0 Å². The molecule has 0 spiro atoms. The predicted octanol–water partition coefficient (Wildman–Crippen LogP) is 7.30. The quantitative estimate of drug-likeness (QED) is 0.0796. The summed E-state index contributed by atoms with van der Waals surface area (Å²) in [6, 6.07) is 27.0. The van der Waals surface area contributed by atoms with Crippen molar-refractivity contribution in [3.63, 3.8) is 0 Å². The maximum atomic E-state index is 15.4. The molecule has 2 aliphatic heterocycles. The highest BCUT2D eigenvalue weighted by atomic mass is 32.2. The van der Waals surface area contributed by atoms with E-state index in [1.165, 1.54) is 4.90 Å². The van der Waals surface area contributed by atoms with E-state index in [0.717, 1.165) is 46.1 Å². The van der Waals surface area contributed by atoms with Crippen molar-refractivity contribution >= 4 is 45.8 Å². The molecule has 2 saturated heterocycles. The van der Waals surface area contributed by atoms with Crippen LogP contribution >= 0.6 is 0 Å². The molecule has 4 aliphatic rings. The normalized spacial score (nSPS) is 23.4. The van der Waals surface area contributed by atoms with E-state index < -0.39 is 70.0 Å². The molecule has 2 saturated carbocycles. The van der Waals surface area contributed by atoms with Gasteiger partial charge in [0.25, 0.3) is 5.91 Å². The lowest BCUT2D eigenvalue weighted by atomic mass is 9.77. The summed E-state index contributed by atoms with van der Waals surface area (Å²) >= 11 is -2.85. The van der Waals surface area contributed by atoms with Gasteiger partial charge in [-0.25, -0.2) is 4.98 Å². The van der Waals surface area contributed by atoms with Crippen molar-refractivity contribution in [2.45, 2.75) is 102 Å². The van der Waals surface area contributed by atoms with Crippen molar-refractivity contribution in [3.05, 3.63) is 109 Å². The lowest BCUT2D eigenvalue weighted by Gasteiger charge is -2.39. The number of ether oxygens (including phenoxy) is 2. The van der Waals surface area contributed by atoms with Gasteiger partial charge in [0.05, 0.1) is 59.5 Å². The topological polar surface area (TPSA) is 190 Å². The van der Waals surface area contributed by atoms with Gasteiger partial charge in [-0.05, 0) is 62.1 Å². The Morgan fingerprint density at radius 2 is 1.68 bits per heavy atom. The van der Waals surface area contributed by atoms with Crippen LogP contribution in [0.4, 0.5) is 0 Å². The second-order valence-electron chi connectivity index (χ2n) is 19.6. The number of fused-ring (bicyclic) bond motifs is 1. The van der Waals surface area contributed by atoms with Crippen molar-refractivity contribution < 1.29 is 37.4 Å². The fourth-order valence-corrected chi connectivity index (χ4v) is 10.7. The molecule has 4 heterocycles. The smallest absolute Gasteiger partial charge is 0.260 e. The highest BCUT2D eigenvalue weighted by molar-refractivity contribution is 7.77. The van der Waals surface area contributed by atoms with Gasteiger partial charge in [-0.15, -0.1) is 6.58 Å². The van der Waals surface area contributed by atoms with Crippen LogP contribution in [0.1, 0.15) is 83.9 Å². The number of carbonyl (C=O) groups excluding carboxylic acids is 4. The maximum Gasteiger partial charge on any atom is 0.260 e. The van der Waals surface area contributed by atoms with E-state index in [2.05, 4.69) is 22.1 Å². The Hall–Kier alpha value is -6.39. The first kappa shape index (κ1) is 46.7. The van der Waals surface area contributed by atoms with E-state index in [9.17, 15) is 23.1 Å². The number of methoxy groups -OCH3 is 1. The van der Waals surface area contributed by atoms with E-state index >= 15 is 4.79 Å². The Bertz CT molecular complexity index is 2740. The minimum atomic E-state index is -2.85. The summed E-state index contributed by atoms with van der Waals surface area (Å²) in [5.74, 6) is -2.20. The molecule has 3 aromatic carbocycles. The summed E-state index contributed by atoms with van der Waals surface area (Å²) in [7, 11) is 1.58. The number of piperidine rings is 1. The summed E-state index contributed by atoms with van der Waals surface area (Å²) in [5.41, 5.74) is 2.41. The second kappa shape index (κ2) is 18.9. The number of H-pyrrole nitrogens is 1. The molecular formula is C52H58N7O8S-. The van der Waals surface area contributed by atoms with E-state index in [1.807, 2.05) is 117 Å². The van der Waals surface area contributed by atoms with Crippen LogP contribution in [0, 0.1) is 17.3 Å². The molecule has 2 N–H and O–H groups in total. The van der Waals surface area contributed by atoms with Crippen LogP contribution in [0.3, 0.4) is 0 Å². The Morgan fingerprint density at radius 1 is 0.971 bits per heavy atom. The molecule has 9 rings (SSSR count). The van der Waals surface area contributed by atoms with Gasteiger partial charge in [-0.2, -0.15) is 5.10 Å². The van der Waals surface area contributed by atoms with Crippen LogP contribution in [-0.2, 0) is 30.4 Å². The maximum absolute atomic E-state index is 15.4. The standard InChI is InChI=1S/C52H59N7O8S/c1-6-34-30-52(34,50(63)59(68(64)65)35-20-21-35)54-48(61)45-26-37(67-46-29-40(32-15-9-7-10-16-32)53-42-25-36(66-5)22-23-38(42)46)31-58(45)49(62)39(51(2,3)4)27-47(60)57-24-14-13-19-44(57)43-28-41(55-56-43)33-17-11-8-12-18-33/h6-12,15-18,22-23,25,28-29,34-35,37,39,44-45H,1,13-14,19-21,24,26-27,30-31H2,2-5H3,(H,54,61)(H,55,56)(H,64,65)/p-1/t34-,37-,39-,44?,45+,52?/m1/s1. The lowest BCUT2D eigenvalue weighted by molar-refractivity contribution is -0.149. The molecule has 2 aliphatic carbocycles. The van der Waals surface area contributed by atoms with E-state index in [-0.39, 0.29) is 37.8 Å². The molecule has 356 valence electrons. The van der Waals surface area contributed by atoms with Gasteiger partial charge in [0, 0.05) is 60.0 Å². The van der Waals surface area contributed by atoms with Gasteiger partial charge in [0.2, 0.25) is 17.7 Å². The number of amides is 4. The molecule has 4 fully saturated rings. The Balaban J connectivity index is 1.03. The van der Waals surface area contributed by atoms with Crippen molar-refractivity contribution in [1.82, 2.24) is 34.6 Å². The third kappa shape index (κ3) is 9.40. The highest BCUT2D eigenvalue weighted by Gasteiger charge is 2.63. The first-order chi connectivity index (χ1) is 32.7. The first-order valence-corrected chi connectivity index (χ1v) is 24.5. The molecule has 4 amide bonds. The number of hydrogen-bond donors (Lipinski definition) is 2. The molecule has 7 atom stereocenters. The number of likely N-dealkylation sites (tertiary alicyclic amines) is 2. The molecule has 2 aromatic heterocycles. The fraction of sp³-hybridized carbons (Fsp3) is 0.423. The number of aromatic nitrogens is 3. The van der Waals surface area contributed by atoms with E-state index in [1.54, 1.807) is 13.2 Å². The van der Waals surface area contributed by atoms with E-state index in [4.69, 9.17) is 14.5 Å². The van der Waals surface area contributed by atoms with Crippen LogP contribution < -0.4 is 14.8 Å². The zero-order valence-corrected chi connectivity index (χ0v) is 39.7. The second-order valence-corrected chi connectivity index (χ2v) is 20.4. The number of pyridine rings is 1. The minimum absolute atomic E-state index is 0.00825. The van der Waals surface area contributed by atoms with Crippen LogP contribution in [0.25, 0.3) is 33.4 Å². The molecule has 68 heavy (non-hydrogen) atoms. The largest absolute Gasteiger partial charge is 0.755 e. The Labute approximate surface area is 399 Å². The number of nitrogens with one attached hydrogen (secondary N) is 2. The Kier molecular flexibility index (Phi) is 13.0. The van der Waals surface area contributed by atoms with Gasteiger partial charge in [0.1, 0.15) is 29.2 Å². The molecular weight excluding hydrogens is 883 g/mol. The average molecular weight is 941 g/mol. The number of rotatable bonds is 15. The number of nitrogens with zero attached hydrogens (tertiary/aromatic N) is 5. The highest BCUT2D eigenvalue weighted by Crippen LogP contribution is 2.48. The average Bonchev–Trinajstić information content (AvgIpc) is 4.20. The zero-order valence-electron chi connectivity index (χ0n) is 38.9. The predicted molar refractivity (Wildman–Crippen MR) is 256 cm³/mol. The first-order valence-electron chi connectivity index (χ1n) is 23.5. The van der Waals surface area contributed by atoms with Crippen molar-refractivity contribution in [3.8, 4) is 34.0 Å². The van der Waals surface area contributed by atoms with Crippen LogP contribution in [-0.4, -0.2) is 106 Å². The van der Waals surface area contributed by atoms with Crippen LogP contribution in [0.2, 0.25) is 0 Å². The van der Waals surface area contributed by atoms with Gasteiger partial charge < -0.3 is 29.1 Å². The molecule has 0 bridgehead atoms. The van der Waals surface area contributed by atoms with Gasteiger partial charge in [-0.3, -0.25) is 32.8 Å². The summed E-state index contributed by atoms with van der Waals surface area (Å²) in [6.07, 6.45) is 4.48. The van der Waals surface area contributed by atoms with Crippen LogP contribution in [0.15, 0.2) is 104 Å². The van der Waals surface area contributed by atoms with Crippen molar-refractivity contribution in [1.29, 1.82) is 0 Å². The minimum Gasteiger partial charge on any atom is -0.755 e. The third-order valence-electron chi connectivity index (χ3n) is 14.0. The summed E-state index contributed by atoms with van der Waals surface area (Å²) in [4.78, 5) is 67.4. The van der Waals surface area contributed by atoms with Crippen molar-refractivity contribution in [2.24, 2.45) is 17.3 Å². The molecule has 5 aromatic rings. The summed E-state index contributed by atoms with van der Waals surface area (Å²) in [6.45, 7) is 10.1. The zero-order chi connectivity index (χ0) is 47.9. The number of carbonyl (C=O) groups is 4. The molecule has 16 heteroatoms. The number of hydrogen-bond acceptors (Lipinski definition) is 10. The van der Waals surface area contributed by atoms with E-state index in [0.29, 0.717) is 47.5 Å². The monoisotopic (exact) mass is 940 g/mol. The molecule has 15 nitrogen and oxygen atoms in total. The number of benzene rings is 3. The fourth-order valence-electron chi connectivity index (χ4n) is 9.97. The number of aromatic amines is 1. The third-order valence-corrected chi connectivity index (χ3v) is 14.8.